The van der Waals surface area contributed by atoms with Crippen LogP contribution in [0.3, 0.4) is 0 Å². The van der Waals surface area contributed by atoms with Crippen molar-refractivity contribution in [3.63, 3.8) is 0 Å². The minimum absolute atomic E-state index is 0.00127. The van der Waals surface area contributed by atoms with E-state index in [2.05, 4.69) is 55.6 Å². The van der Waals surface area contributed by atoms with Crippen molar-refractivity contribution in [3.05, 3.63) is 71.8 Å². The summed E-state index contributed by atoms with van der Waals surface area (Å²) < 4.78 is 6.13. The molecular weight excluding hydrogens is 282 g/mol. The van der Waals surface area contributed by atoms with E-state index in [0.29, 0.717) is 0 Å². The van der Waals surface area contributed by atoms with E-state index in [1.807, 2.05) is 24.3 Å². The Hall–Kier alpha value is -2.74. The lowest BCUT2D eigenvalue weighted by Crippen LogP contribution is -2.15. The summed E-state index contributed by atoms with van der Waals surface area (Å²) in [5.74, 6) is 1.79. The molecule has 23 heavy (non-hydrogen) atoms. The average Bonchev–Trinajstić information content (AvgIpc) is 2.79. The highest BCUT2D eigenvalue weighted by molar-refractivity contribution is 5.87. The van der Waals surface area contributed by atoms with E-state index in [-0.39, 0.29) is 5.41 Å². The Labute approximate surface area is 135 Å². The first-order chi connectivity index (χ1) is 11.1. The van der Waals surface area contributed by atoms with Crippen molar-refractivity contribution >= 4 is 11.4 Å². The van der Waals surface area contributed by atoms with Gasteiger partial charge in [-0.15, -0.1) is 0 Å². The van der Waals surface area contributed by atoms with Crippen LogP contribution in [0.1, 0.15) is 25.0 Å². The second kappa shape index (κ2) is 4.17. The van der Waals surface area contributed by atoms with Crippen molar-refractivity contribution in [2.24, 2.45) is 0 Å². The van der Waals surface area contributed by atoms with Gasteiger partial charge in [0.1, 0.15) is 0 Å². The van der Waals surface area contributed by atoms with Gasteiger partial charge in [0.25, 0.3) is 0 Å². The molecule has 1 aliphatic heterocycles. The summed E-state index contributed by atoms with van der Waals surface area (Å²) in [7, 11) is 0. The van der Waals surface area contributed by atoms with Gasteiger partial charge in [-0.25, -0.2) is 0 Å². The van der Waals surface area contributed by atoms with Gasteiger partial charge < -0.3 is 10.1 Å². The maximum Gasteiger partial charge on any atom is 0.151 e. The van der Waals surface area contributed by atoms with E-state index >= 15 is 0 Å². The molecule has 2 nitrogen and oxygen atoms in total. The highest BCUT2D eigenvalue weighted by atomic mass is 16.5. The zero-order valence-corrected chi connectivity index (χ0v) is 13.2. The fourth-order valence-corrected chi connectivity index (χ4v) is 3.83. The van der Waals surface area contributed by atoms with Gasteiger partial charge in [0.15, 0.2) is 11.5 Å². The van der Waals surface area contributed by atoms with Gasteiger partial charge in [0.2, 0.25) is 0 Å². The summed E-state index contributed by atoms with van der Waals surface area (Å²) in [6, 6.07) is 21.2. The van der Waals surface area contributed by atoms with E-state index < -0.39 is 0 Å². The number of fused-ring (bicyclic) bond motifs is 5. The summed E-state index contributed by atoms with van der Waals surface area (Å²) in [4.78, 5) is 0. The lowest BCUT2D eigenvalue weighted by Gasteiger charge is -2.25. The molecule has 3 aromatic rings. The first-order valence-electron chi connectivity index (χ1n) is 7.97. The fourth-order valence-electron chi connectivity index (χ4n) is 3.83. The molecule has 0 aromatic heterocycles. The number of ether oxygens (including phenoxy) is 1. The number of hydrogen-bond acceptors (Lipinski definition) is 2. The summed E-state index contributed by atoms with van der Waals surface area (Å²) in [6.07, 6.45) is 0. The molecule has 2 aliphatic rings. The van der Waals surface area contributed by atoms with Crippen molar-refractivity contribution < 1.29 is 4.74 Å². The molecule has 0 fully saturated rings. The van der Waals surface area contributed by atoms with Gasteiger partial charge >= 0.3 is 0 Å². The van der Waals surface area contributed by atoms with Crippen LogP contribution in [-0.2, 0) is 5.41 Å². The van der Waals surface area contributed by atoms with Crippen molar-refractivity contribution in [3.8, 4) is 22.6 Å². The number of para-hydroxylation sites is 2. The second-order valence-electron chi connectivity index (χ2n) is 6.79. The topological polar surface area (TPSA) is 21.3 Å². The maximum absolute atomic E-state index is 6.13. The smallest absolute Gasteiger partial charge is 0.151 e. The third-order valence-corrected chi connectivity index (χ3v) is 5.06. The monoisotopic (exact) mass is 299 g/mol. The molecule has 0 saturated carbocycles. The zero-order valence-electron chi connectivity index (χ0n) is 13.2. The molecule has 0 radical (unpaired) electrons. The van der Waals surface area contributed by atoms with E-state index in [1.54, 1.807) is 0 Å². The average molecular weight is 299 g/mol. The summed E-state index contributed by atoms with van der Waals surface area (Å²) in [5.41, 5.74) is 7.41. The Morgan fingerprint density at radius 3 is 2.43 bits per heavy atom. The Morgan fingerprint density at radius 2 is 1.52 bits per heavy atom. The highest BCUT2D eigenvalue weighted by Crippen LogP contribution is 2.53. The van der Waals surface area contributed by atoms with E-state index in [1.165, 1.54) is 22.3 Å². The van der Waals surface area contributed by atoms with Crippen LogP contribution in [0.15, 0.2) is 60.7 Å². The van der Waals surface area contributed by atoms with Gasteiger partial charge in [-0.2, -0.15) is 0 Å². The molecule has 2 heteroatoms. The lowest BCUT2D eigenvalue weighted by molar-refractivity contribution is 0.479. The predicted molar refractivity (Wildman–Crippen MR) is 93.8 cm³/mol. The van der Waals surface area contributed by atoms with Crippen LogP contribution in [0.5, 0.6) is 11.5 Å². The Kier molecular flexibility index (Phi) is 2.31. The fraction of sp³-hybridized carbons (Fsp3) is 0.143. The van der Waals surface area contributed by atoms with Crippen LogP contribution < -0.4 is 10.1 Å². The molecule has 0 bridgehead atoms. The normalized spacial score (nSPS) is 15.6. The SMILES string of the molecule is CC1(C)c2ccccc2-c2cc3c(cc21)Oc1ccccc1N3. The van der Waals surface area contributed by atoms with Gasteiger partial charge in [-0.1, -0.05) is 50.2 Å². The highest BCUT2D eigenvalue weighted by Gasteiger charge is 2.36. The summed E-state index contributed by atoms with van der Waals surface area (Å²) >= 11 is 0. The maximum atomic E-state index is 6.13. The minimum Gasteiger partial charge on any atom is -0.453 e. The molecule has 0 saturated heterocycles. The largest absolute Gasteiger partial charge is 0.453 e. The van der Waals surface area contributed by atoms with E-state index in [0.717, 1.165) is 22.9 Å². The molecular formula is C21H17NO. The van der Waals surface area contributed by atoms with Crippen LogP contribution in [0.25, 0.3) is 11.1 Å². The predicted octanol–water partition coefficient (Wildman–Crippen LogP) is 5.84. The quantitative estimate of drug-likeness (QED) is 0.440. The third-order valence-electron chi connectivity index (χ3n) is 5.06. The van der Waals surface area contributed by atoms with Crippen molar-refractivity contribution in [2.75, 3.05) is 5.32 Å². The van der Waals surface area contributed by atoms with Gasteiger partial charge in [-0.05, 0) is 46.5 Å². The van der Waals surface area contributed by atoms with Crippen molar-refractivity contribution in [1.82, 2.24) is 0 Å². The standard InChI is InChI=1S/C21H17NO/c1-21(2)15-8-4-3-7-13(15)14-11-18-20(12-16(14)21)23-19-10-6-5-9-17(19)22-18/h3-12,22H,1-2H3. The van der Waals surface area contributed by atoms with Gasteiger partial charge in [0.05, 0.1) is 11.4 Å². The number of benzene rings is 3. The number of hydrogen-bond donors (Lipinski definition) is 1. The van der Waals surface area contributed by atoms with Gasteiger partial charge in [0, 0.05) is 5.41 Å². The zero-order chi connectivity index (χ0) is 15.6. The van der Waals surface area contributed by atoms with Gasteiger partial charge in [-0.3, -0.25) is 0 Å². The molecule has 0 amide bonds. The molecule has 0 atom stereocenters. The molecule has 1 N–H and O–H groups in total. The van der Waals surface area contributed by atoms with Crippen LogP contribution in [0.2, 0.25) is 0 Å². The first-order valence-corrected chi connectivity index (χ1v) is 7.97. The second-order valence-corrected chi connectivity index (χ2v) is 6.79. The Bertz CT molecular complexity index is 956. The Balaban J connectivity index is 1.74. The molecule has 3 aromatic carbocycles. The Morgan fingerprint density at radius 1 is 0.739 bits per heavy atom. The van der Waals surface area contributed by atoms with Crippen molar-refractivity contribution in [2.45, 2.75) is 19.3 Å². The summed E-state index contributed by atoms with van der Waals surface area (Å²) in [6.45, 7) is 4.57. The van der Waals surface area contributed by atoms with E-state index in [9.17, 15) is 0 Å². The molecule has 0 spiro atoms. The molecule has 1 aliphatic carbocycles. The van der Waals surface area contributed by atoms with Crippen LogP contribution in [0, 0.1) is 0 Å². The molecule has 1 heterocycles. The van der Waals surface area contributed by atoms with Crippen LogP contribution in [-0.4, -0.2) is 0 Å². The third kappa shape index (κ3) is 1.63. The molecule has 0 unspecified atom stereocenters. The first kappa shape index (κ1) is 12.8. The van der Waals surface area contributed by atoms with Crippen LogP contribution in [0.4, 0.5) is 11.4 Å². The minimum atomic E-state index is 0.00127. The molecule has 5 rings (SSSR count). The molecule has 112 valence electrons. The van der Waals surface area contributed by atoms with Crippen LogP contribution >= 0.6 is 0 Å². The number of nitrogens with one attached hydrogen (secondary N) is 1. The lowest BCUT2D eigenvalue weighted by atomic mass is 9.82. The number of rotatable bonds is 0. The van der Waals surface area contributed by atoms with E-state index in [4.69, 9.17) is 4.74 Å². The van der Waals surface area contributed by atoms with Crippen molar-refractivity contribution in [1.29, 1.82) is 0 Å². The summed E-state index contributed by atoms with van der Waals surface area (Å²) in [5, 5.41) is 3.50. The number of anilines is 2.